The highest BCUT2D eigenvalue weighted by Gasteiger charge is 2.21. The van der Waals surface area contributed by atoms with Crippen molar-refractivity contribution in [3.63, 3.8) is 0 Å². The number of guanidine groups is 1. The lowest BCUT2D eigenvalue weighted by Crippen LogP contribution is -2.40. The average molecular weight is 355 g/mol. The highest BCUT2D eigenvalue weighted by atomic mass is 16.3. The zero-order chi connectivity index (χ0) is 18.4. The van der Waals surface area contributed by atoms with E-state index in [1.165, 1.54) is 25.1 Å². The zero-order valence-electron chi connectivity index (χ0n) is 16.0. The van der Waals surface area contributed by atoms with Gasteiger partial charge < -0.3 is 20.0 Å². The number of hydrogen-bond donors (Lipinski definition) is 2. The number of aromatic nitrogens is 1. The van der Waals surface area contributed by atoms with Crippen molar-refractivity contribution in [3.8, 4) is 11.5 Å². The van der Waals surface area contributed by atoms with Crippen LogP contribution in [0.2, 0.25) is 0 Å². The summed E-state index contributed by atoms with van der Waals surface area (Å²) in [6, 6.07) is 8.18. The summed E-state index contributed by atoms with van der Waals surface area (Å²) in [4.78, 5) is 11.3. The van der Waals surface area contributed by atoms with Crippen LogP contribution in [0.4, 0.5) is 0 Å². The number of nitrogens with one attached hydrogen (secondary N) is 2. The van der Waals surface area contributed by atoms with Crippen molar-refractivity contribution in [1.29, 1.82) is 0 Å². The molecule has 0 saturated carbocycles. The van der Waals surface area contributed by atoms with E-state index in [0.29, 0.717) is 18.4 Å². The molecule has 1 aromatic carbocycles. The topological polar surface area (TPSA) is 65.7 Å². The van der Waals surface area contributed by atoms with Gasteiger partial charge in [-0.1, -0.05) is 24.6 Å². The van der Waals surface area contributed by atoms with Gasteiger partial charge in [-0.25, -0.2) is 4.98 Å². The van der Waals surface area contributed by atoms with Crippen molar-refractivity contribution in [2.45, 2.75) is 26.8 Å². The van der Waals surface area contributed by atoms with Gasteiger partial charge in [0.1, 0.15) is 6.26 Å². The quantitative estimate of drug-likeness (QED) is 0.616. The molecule has 140 valence electrons. The van der Waals surface area contributed by atoms with Gasteiger partial charge in [-0.15, -0.1) is 0 Å². The van der Waals surface area contributed by atoms with Gasteiger partial charge >= 0.3 is 0 Å². The van der Waals surface area contributed by atoms with Gasteiger partial charge in [-0.05, 0) is 44.5 Å². The number of hydrogen-bond acceptors (Lipinski definition) is 4. The first-order chi connectivity index (χ1) is 12.7. The van der Waals surface area contributed by atoms with Crippen molar-refractivity contribution in [2.24, 2.45) is 10.9 Å². The normalized spacial score (nSPS) is 18.3. The summed E-state index contributed by atoms with van der Waals surface area (Å²) < 4.78 is 5.60. The van der Waals surface area contributed by atoms with Crippen molar-refractivity contribution in [2.75, 3.05) is 33.2 Å². The van der Waals surface area contributed by atoms with Crippen LogP contribution in [0, 0.1) is 12.8 Å². The fourth-order valence-corrected chi connectivity index (χ4v) is 3.22. The first-order valence-corrected chi connectivity index (χ1v) is 9.36. The maximum Gasteiger partial charge on any atom is 0.226 e. The predicted octanol–water partition coefficient (Wildman–Crippen LogP) is 2.66. The van der Waals surface area contributed by atoms with Gasteiger partial charge in [-0.3, -0.25) is 4.99 Å². The molecule has 0 radical (unpaired) electrons. The van der Waals surface area contributed by atoms with E-state index in [4.69, 9.17) is 4.42 Å². The monoisotopic (exact) mass is 355 g/mol. The average Bonchev–Trinajstić information content (AvgIpc) is 3.32. The fourth-order valence-electron chi connectivity index (χ4n) is 3.22. The van der Waals surface area contributed by atoms with Crippen molar-refractivity contribution < 1.29 is 4.42 Å². The third-order valence-electron chi connectivity index (χ3n) is 4.89. The van der Waals surface area contributed by atoms with E-state index in [1.807, 2.05) is 12.1 Å². The van der Waals surface area contributed by atoms with Crippen molar-refractivity contribution in [3.05, 3.63) is 41.8 Å². The summed E-state index contributed by atoms with van der Waals surface area (Å²) in [5, 5.41) is 6.74. The molecule has 6 nitrogen and oxygen atoms in total. The highest BCUT2D eigenvalue weighted by molar-refractivity contribution is 5.79. The minimum atomic E-state index is 0.584. The van der Waals surface area contributed by atoms with Crippen molar-refractivity contribution in [1.82, 2.24) is 20.5 Å². The lowest BCUT2D eigenvalue weighted by atomic mass is 10.1. The Labute approximate surface area is 155 Å². The van der Waals surface area contributed by atoms with Gasteiger partial charge in [0.05, 0.1) is 12.2 Å². The molecule has 3 rings (SSSR count). The molecule has 6 heteroatoms. The molecule has 26 heavy (non-hydrogen) atoms. The van der Waals surface area contributed by atoms with Crippen LogP contribution in [0.3, 0.4) is 0 Å². The molecule has 1 aliphatic rings. The van der Waals surface area contributed by atoms with Crippen LogP contribution in [-0.4, -0.2) is 49.1 Å². The summed E-state index contributed by atoms with van der Waals surface area (Å²) >= 11 is 0. The molecule has 1 atom stereocenters. The Kier molecular flexibility index (Phi) is 6.28. The summed E-state index contributed by atoms with van der Waals surface area (Å²) in [6.45, 7) is 9.33. The second kappa shape index (κ2) is 8.85. The Morgan fingerprint density at radius 2 is 2.12 bits per heavy atom. The number of nitrogens with zero attached hydrogens (tertiary/aromatic N) is 3. The molecular weight excluding hydrogens is 326 g/mol. The first-order valence-electron chi connectivity index (χ1n) is 9.36. The van der Waals surface area contributed by atoms with Gasteiger partial charge in [0, 0.05) is 25.7 Å². The minimum Gasteiger partial charge on any atom is -0.444 e. The lowest BCUT2D eigenvalue weighted by Gasteiger charge is -2.16. The van der Waals surface area contributed by atoms with Crippen LogP contribution in [-0.2, 0) is 6.54 Å². The third kappa shape index (κ3) is 4.85. The minimum absolute atomic E-state index is 0.584. The number of aliphatic imine (C=N–C) groups is 1. The fraction of sp³-hybridized carbons (Fsp3) is 0.500. The van der Waals surface area contributed by atoms with Crippen LogP contribution in [0.15, 0.2) is 39.9 Å². The maximum atomic E-state index is 5.60. The number of aryl methyl sites for hydroxylation is 1. The summed E-state index contributed by atoms with van der Waals surface area (Å²) in [5.41, 5.74) is 3.08. The highest BCUT2D eigenvalue weighted by Crippen LogP contribution is 2.19. The molecule has 1 saturated heterocycles. The Balaban J connectivity index is 1.47. The smallest absolute Gasteiger partial charge is 0.226 e. The summed E-state index contributed by atoms with van der Waals surface area (Å²) in [7, 11) is 1.79. The van der Waals surface area contributed by atoms with Crippen LogP contribution < -0.4 is 10.6 Å². The van der Waals surface area contributed by atoms with E-state index >= 15 is 0 Å². The van der Waals surface area contributed by atoms with E-state index in [2.05, 4.69) is 51.5 Å². The lowest BCUT2D eigenvalue weighted by molar-refractivity contribution is 0.342. The van der Waals surface area contributed by atoms with Crippen LogP contribution in [0.1, 0.15) is 24.6 Å². The zero-order valence-corrected chi connectivity index (χ0v) is 16.0. The molecule has 0 amide bonds. The summed E-state index contributed by atoms with van der Waals surface area (Å²) in [5.74, 6) is 2.14. The van der Waals surface area contributed by atoms with Gasteiger partial charge in [0.15, 0.2) is 5.96 Å². The molecule has 0 bridgehead atoms. The van der Waals surface area contributed by atoms with Crippen molar-refractivity contribution >= 4 is 5.96 Å². The molecule has 1 fully saturated rings. The largest absolute Gasteiger partial charge is 0.444 e. The molecule has 2 heterocycles. The molecule has 1 aromatic heterocycles. The van der Waals surface area contributed by atoms with Gasteiger partial charge in [0.2, 0.25) is 5.89 Å². The molecule has 1 unspecified atom stereocenters. The van der Waals surface area contributed by atoms with Gasteiger partial charge in [-0.2, -0.15) is 0 Å². The van der Waals surface area contributed by atoms with Crippen LogP contribution in [0.5, 0.6) is 0 Å². The second-order valence-electron chi connectivity index (χ2n) is 6.86. The number of benzene rings is 1. The Bertz CT molecular complexity index is 722. The van der Waals surface area contributed by atoms with Gasteiger partial charge in [0.25, 0.3) is 0 Å². The maximum absolute atomic E-state index is 5.60. The summed E-state index contributed by atoms with van der Waals surface area (Å²) in [6.07, 6.45) is 2.95. The van der Waals surface area contributed by atoms with E-state index < -0.39 is 0 Å². The molecule has 2 N–H and O–H groups in total. The first kappa shape index (κ1) is 18.5. The van der Waals surface area contributed by atoms with E-state index in [1.54, 1.807) is 13.3 Å². The Morgan fingerprint density at radius 3 is 2.81 bits per heavy atom. The van der Waals surface area contributed by atoms with Crippen LogP contribution >= 0.6 is 0 Å². The van der Waals surface area contributed by atoms with E-state index in [9.17, 15) is 0 Å². The molecule has 1 aliphatic heterocycles. The SMILES string of the molecule is CCN1CCC(CNC(=NC)NCc2coc(-c3ccc(C)cc3)n2)C1. The number of rotatable bonds is 6. The Hall–Kier alpha value is -2.34. The molecule has 2 aromatic rings. The predicted molar refractivity (Wildman–Crippen MR) is 105 cm³/mol. The molecular formula is C20H29N5O. The third-order valence-corrected chi connectivity index (χ3v) is 4.89. The molecule has 0 aliphatic carbocycles. The van der Waals surface area contributed by atoms with Crippen LogP contribution in [0.25, 0.3) is 11.5 Å². The second-order valence-corrected chi connectivity index (χ2v) is 6.86. The number of oxazole rings is 1. The molecule has 0 spiro atoms. The van der Waals surface area contributed by atoms with E-state index in [0.717, 1.165) is 30.3 Å². The van der Waals surface area contributed by atoms with E-state index in [-0.39, 0.29) is 0 Å². The number of likely N-dealkylation sites (tertiary alicyclic amines) is 1. The Morgan fingerprint density at radius 1 is 1.31 bits per heavy atom. The standard InChI is InChI=1S/C20H29N5O/c1-4-25-10-9-16(13-25)11-22-20(21-3)23-12-18-14-26-19(24-18)17-7-5-15(2)6-8-17/h5-8,14,16H,4,9-13H2,1-3H3,(H2,21,22,23).